The van der Waals surface area contributed by atoms with Crippen molar-refractivity contribution in [1.82, 2.24) is 14.9 Å². The van der Waals surface area contributed by atoms with E-state index in [0.717, 1.165) is 29.4 Å². The Kier molecular flexibility index (Phi) is 4.71. The first-order valence-corrected chi connectivity index (χ1v) is 9.28. The zero-order chi connectivity index (χ0) is 18.8. The summed E-state index contributed by atoms with van der Waals surface area (Å²) in [6.45, 7) is 3.21. The van der Waals surface area contributed by atoms with Crippen LogP contribution in [0.25, 0.3) is 22.1 Å². The highest BCUT2D eigenvalue weighted by Gasteiger charge is 2.29. The van der Waals surface area contributed by atoms with E-state index in [-0.39, 0.29) is 17.8 Å². The van der Waals surface area contributed by atoms with E-state index in [1.807, 2.05) is 30.3 Å². The number of benzene rings is 2. The summed E-state index contributed by atoms with van der Waals surface area (Å²) in [5, 5.41) is 0. The number of likely N-dealkylation sites (tertiary alicyclic amines) is 1. The second-order valence-electron chi connectivity index (χ2n) is 6.76. The number of fused-ring (bicyclic) bond motifs is 2. The third kappa shape index (κ3) is 3.47. The van der Waals surface area contributed by atoms with Crippen LogP contribution in [-0.2, 0) is 9.53 Å². The average Bonchev–Trinajstić information content (AvgIpc) is 2.71. The van der Waals surface area contributed by atoms with Gasteiger partial charge >= 0.3 is 5.97 Å². The van der Waals surface area contributed by atoms with Gasteiger partial charge < -0.3 is 9.64 Å². The molecule has 6 nitrogen and oxygen atoms in total. The molecule has 1 amide bonds. The van der Waals surface area contributed by atoms with Crippen LogP contribution < -0.4 is 0 Å². The molecule has 1 aromatic heterocycles. The molecule has 1 saturated heterocycles. The number of hydrogen-bond donors (Lipinski definition) is 0. The molecular formula is C21H21N3O3. The SMILES string of the molecule is CCOC(=O)C1CCCN(C(=O)c2ccc3nc4ccccc4nc3c2)C1. The van der Waals surface area contributed by atoms with Gasteiger partial charge in [0.05, 0.1) is 34.6 Å². The van der Waals surface area contributed by atoms with E-state index in [9.17, 15) is 9.59 Å². The summed E-state index contributed by atoms with van der Waals surface area (Å²) in [6, 6.07) is 13.1. The molecule has 1 aliphatic heterocycles. The lowest BCUT2D eigenvalue weighted by molar-refractivity contribution is -0.149. The lowest BCUT2D eigenvalue weighted by Gasteiger charge is -2.31. The van der Waals surface area contributed by atoms with Gasteiger partial charge in [-0.1, -0.05) is 12.1 Å². The number of esters is 1. The second kappa shape index (κ2) is 7.31. The minimum Gasteiger partial charge on any atom is -0.466 e. The van der Waals surface area contributed by atoms with Crippen LogP contribution in [0.5, 0.6) is 0 Å². The zero-order valence-electron chi connectivity index (χ0n) is 15.2. The van der Waals surface area contributed by atoms with Gasteiger partial charge in [0.25, 0.3) is 5.91 Å². The molecule has 0 bridgehead atoms. The number of piperidine rings is 1. The number of ether oxygens (including phenoxy) is 1. The molecule has 3 aromatic rings. The Balaban J connectivity index is 1.60. The summed E-state index contributed by atoms with van der Waals surface area (Å²) in [5.41, 5.74) is 3.65. The van der Waals surface area contributed by atoms with Crippen molar-refractivity contribution >= 4 is 33.9 Å². The van der Waals surface area contributed by atoms with Crippen LogP contribution in [0.2, 0.25) is 0 Å². The fourth-order valence-electron chi connectivity index (χ4n) is 3.55. The fourth-order valence-corrected chi connectivity index (χ4v) is 3.55. The fraction of sp³-hybridized carbons (Fsp3) is 0.333. The van der Waals surface area contributed by atoms with Crippen LogP contribution >= 0.6 is 0 Å². The Hall–Kier alpha value is -3.02. The molecule has 27 heavy (non-hydrogen) atoms. The lowest BCUT2D eigenvalue weighted by Crippen LogP contribution is -2.42. The number of para-hydroxylation sites is 2. The van der Waals surface area contributed by atoms with Gasteiger partial charge in [0.1, 0.15) is 0 Å². The monoisotopic (exact) mass is 363 g/mol. The molecule has 0 saturated carbocycles. The van der Waals surface area contributed by atoms with Crippen molar-refractivity contribution in [3.63, 3.8) is 0 Å². The largest absolute Gasteiger partial charge is 0.466 e. The van der Waals surface area contributed by atoms with E-state index >= 15 is 0 Å². The predicted octanol–water partition coefficient (Wildman–Crippen LogP) is 3.20. The smallest absolute Gasteiger partial charge is 0.310 e. The highest BCUT2D eigenvalue weighted by molar-refractivity contribution is 5.98. The number of nitrogens with zero attached hydrogens (tertiary/aromatic N) is 3. The lowest BCUT2D eigenvalue weighted by atomic mass is 9.97. The van der Waals surface area contributed by atoms with Crippen molar-refractivity contribution in [3.05, 3.63) is 48.0 Å². The summed E-state index contributed by atoms with van der Waals surface area (Å²) < 4.78 is 5.12. The highest BCUT2D eigenvalue weighted by atomic mass is 16.5. The Bertz CT molecular complexity index is 1020. The number of aromatic nitrogens is 2. The molecule has 0 radical (unpaired) electrons. The molecule has 4 rings (SSSR count). The first kappa shape index (κ1) is 17.4. The molecule has 2 heterocycles. The number of amides is 1. The Labute approximate surface area is 157 Å². The van der Waals surface area contributed by atoms with Crippen LogP contribution in [0.4, 0.5) is 0 Å². The van der Waals surface area contributed by atoms with Gasteiger partial charge in [-0.25, -0.2) is 9.97 Å². The van der Waals surface area contributed by atoms with Gasteiger partial charge in [-0.15, -0.1) is 0 Å². The summed E-state index contributed by atoms with van der Waals surface area (Å²) in [6.07, 6.45) is 1.56. The maximum Gasteiger partial charge on any atom is 0.310 e. The molecule has 0 spiro atoms. The normalized spacial score (nSPS) is 17.2. The molecular weight excluding hydrogens is 342 g/mol. The van der Waals surface area contributed by atoms with Crippen LogP contribution in [0.3, 0.4) is 0 Å². The van der Waals surface area contributed by atoms with Crippen molar-refractivity contribution in [2.75, 3.05) is 19.7 Å². The molecule has 1 aliphatic rings. The maximum absolute atomic E-state index is 13.0. The van der Waals surface area contributed by atoms with E-state index < -0.39 is 0 Å². The Morgan fingerprint density at radius 1 is 1.07 bits per heavy atom. The summed E-state index contributed by atoms with van der Waals surface area (Å²) in [4.78, 5) is 35.9. The minimum absolute atomic E-state index is 0.0825. The zero-order valence-corrected chi connectivity index (χ0v) is 15.2. The number of hydrogen-bond acceptors (Lipinski definition) is 5. The van der Waals surface area contributed by atoms with Crippen LogP contribution in [0.1, 0.15) is 30.1 Å². The topological polar surface area (TPSA) is 72.4 Å². The van der Waals surface area contributed by atoms with Crippen molar-refractivity contribution in [2.45, 2.75) is 19.8 Å². The predicted molar refractivity (Wildman–Crippen MR) is 102 cm³/mol. The summed E-state index contributed by atoms with van der Waals surface area (Å²) in [5.74, 6) is -0.543. The third-order valence-corrected chi connectivity index (χ3v) is 4.91. The van der Waals surface area contributed by atoms with E-state index in [4.69, 9.17) is 4.74 Å². The van der Waals surface area contributed by atoms with E-state index in [1.165, 1.54) is 0 Å². The van der Waals surface area contributed by atoms with E-state index in [0.29, 0.717) is 30.8 Å². The third-order valence-electron chi connectivity index (χ3n) is 4.91. The molecule has 0 N–H and O–H groups in total. The van der Waals surface area contributed by atoms with Crippen LogP contribution in [0.15, 0.2) is 42.5 Å². The molecule has 1 fully saturated rings. The molecule has 138 valence electrons. The van der Waals surface area contributed by atoms with Gasteiger partial charge in [-0.3, -0.25) is 9.59 Å². The number of carbonyl (C=O) groups excluding carboxylic acids is 2. The van der Waals surface area contributed by atoms with Gasteiger partial charge in [-0.05, 0) is 50.1 Å². The van der Waals surface area contributed by atoms with E-state index in [2.05, 4.69) is 9.97 Å². The van der Waals surface area contributed by atoms with E-state index in [1.54, 1.807) is 24.0 Å². The van der Waals surface area contributed by atoms with Crippen molar-refractivity contribution in [2.24, 2.45) is 5.92 Å². The van der Waals surface area contributed by atoms with Gasteiger partial charge in [0.15, 0.2) is 0 Å². The van der Waals surface area contributed by atoms with Crippen LogP contribution in [0, 0.1) is 5.92 Å². The molecule has 2 aromatic carbocycles. The average molecular weight is 363 g/mol. The quantitative estimate of drug-likeness (QED) is 0.528. The molecule has 1 unspecified atom stereocenters. The minimum atomic E-state index is -0.244. The molecule has 0 aliphatic carbocycles. The first-order valence-electron chi connectivity index (χ1n) is 9.28. The molecule has 6 heteroatoms. The second-order valence-corrected chi connectivity index (χ2v) is 6.76. The number of carbonyl (C=O) groups is 2. The maximum atomic E-state index is 13.0. The van der Waals surface area contributed by atoms with Gasteiger partial charge in [0, 0.05) is 18.7 Å². The van der Waals surface area contributed by atoms with Crippen molar-refractivity contribution in [3.8, 4) is 0 Å². The Morgan fingerprint density at radius 3 is 2.52 bits per heavy atom. The van der Waals surface area contributed by atoms with Gasteiger partial charge in [0.2, 0.25) is 0 Å². The number of rotatable bonds is 3. The van der Waals surface area contributed by atoms with Crippen molar-refractivity contribution in [1.29, 1.82) is 0 Å². The summed E-state index contributed by atoms with van der Waals surface area (Å²) in [7, 11) is 0. The standard InChI is InChI=1S/C21H21N3O3/c1-2-27-21(26)15-6-5-11-24(13-15)20(25)14-9-10-18-19(12-14)23-17-8-4-3-7-16(17)22-18/h3-4,7-10,12,15H,2,5-6,11,13H2,1H3. The summed E-state index contributed by atoms with van der Waals surface area (Å²) >= 11 is 0. The van der Waals surface area contributed by atoms with Crippen molar-refractivity contribution < 1.29 is 14.3 Å². The molecule has 1 atom stereocenters. The Morgan fingerprint density at radius 2 is 1.78 bits per heavy atom. The van der Waals surface area contributed by atoms with Crippen LogP contribution in [-0.4, -0.2) is 46.4 Å². The first-order chi connectivity index (χ1) is 13.2. The van der Waals surface area contributed by atoms with Gasteiger partial charge in [-0.2, -0.15) is 0 Å². The highest BCUT2D eigenvalue weighted by Crippen LogP contribution is 2.22.